The van der Waals surface area contributed by atoms with Crippen LogP contribution in [0.5, 0.6) is 0 Å². The standard InChI is InChI=1S/C21H23NO2/c1-4-15(19(23)16-10-6-5-7-11-16)14-21(2)17-12-8-9-13-18(17)22(3)20(21)24/h5-13,15H,4,14H2,1-3H3. The average molecular weight is 321 g/mol. The second-order valence-electron chi connectivity index (χ2n) is 6.75. The summed E-state index contributed by atoms with van der Waals surface area (Å²) < 4.78 is 0. The molecule has 1 heterocycles. The van der Waals surface area contributed by atoms with Crippen molar-refractivity contribution < 1.29 is 9.59 Å². The summed E-state index contributed by atoms with van der Waals surface area (Å²) in [6.07, 6.45) is 1.26. The Kier molecular flexibility index (Phi) is 4.27. The Labute approximate surface area is 143 Å². The summed E-state index contributed by atoms with van der Waals surface area (Å²) in [6, 6.07) is 17.3. The number of fused-ring (bicyclic) bond motifs is 1. The summed E-state index contributed by atoms with van der Waals surface area (Å²) in [5, 5.41) is 0. The van der Waals surface area contributed by atoms with E-state index in [2.05, 4.69) is 0 Å². The molecule has 3 rings (SSSR count). The van der Waals surface area contributed by atoms with Gasteiger partial charge in [-0.25, -0.2) is 0 Å². The van der Waals surface area contributed by atoms with Crippen LogP contribution in [-0.4, -0.2) is 18.7 Å². The van der Waals surface area contributed by atoms with E-state index in [1.165, 1.54) is 0 Å². The summed E-state index contributed by atoms with van der Waals surface area (Å²) in [5.74, 6) is 0.0306. The van der Waals surface area contributed by atoms with Gasteiger partial charge in [-0.1, -0.05) is 55.5 Å². The molecule has 3 heteroatoms. The van der Waals surface area contributed by atoms with Crippen molar-refractivity contribution >= 4 is 17.4 Å². The largest absolute Gasteiger partial charge is 0.314 e. The first kappa shape index (κ1) is 16.4. The van der Waals surface area contributed by atoms with E-state index in [9.17, 15) is 9.59 Å². The Hall–Kier alpha value is -2.42. The fourth-order valence-electron chi connectivity index (χ4n) is 3.78. The minimum absolute atomic E-state index is 0.0722. The van der Waals surface area contributed by atoms with Crippen molar-refractivity contribution in [2.24, 2.45) is 5.92 Å². The molecule has 1 aliphatic rings. The molecule has 2 unspecified atom stereocenters. The molecule has 1 aliphatic heterocycles. The summed E-state index contributed by atoms with van der Waals surface area (Å²) in [5.41, 5.74) is 2.06. The van der Waals surface area contributed by atoms with Gasteiger partial charge in [-0.15, -0.1) is 0 Å². The molecule has 0 spiro atoms. The Morgan fingerprint density at radius 3 is 2.38 bits per heavy atom. The smallest absolute Gasteiger partial charge is 0.237 e. The van der Waals surface area contributed by atoms with Gasteiger partial charge in [-0.2, -0.15) is 0 Å². The van der Waals surface area contributed by atoms with E-state index in [1.54, 1.807) is 4.90 Å². The van der Waals surface area contributed by atoms with Gasteiger partial charge in [-0.05, 0) is 31.4 Å². The third kappa shape index (κ3) is 2.54. The van der Waals surface area contributed by atoms with Crippen LogP contribution in [-0.2, 0) is 10.2 Å². The van der Waals surface area contributed by atoms with Crippen molar-refractivity contribution in [1.82, 2.24) is 0 Å². The Bertz CT molecular complexity index is 768. The van der Waals surface area contributed by atoms with Gasteiger partial charge in [0.2, 0.25) is 5.91 Å². The molecule has 0 N–H and O–H groups in total. The Balaban J connectivity index is 1.94. The van der Waals surface area contributed by atoms with Gasteiger partial charge in [0, 0.05) is 24.2 Å². The summed E-state index contributed by atoms with van der Waals surface area (Å²) >= 11 is 0. The number of hydrogen-bond acceptors (Lipinski definition) is 2. The molecule has 0 aromatic heterocycles. The zero-order valence-electron chi connectivity index (χ0n) is 14.5. The van der Waals surface area contributed by atoms with E-state index < -0.39 is 5.41 Å². The first-order valence-electron chi connectivity index (χ1n) is 8.46. The first-order chi connectivity index (χ1) is 11.5. The minimum Gasteiger partial charge on any atom is -0.314 e. The number of hydrogen-bond donors (Lipinski definition) is 0. The fourth-order valence-corrected chi connectivity index (χ4v) is 3.78. The molecule has 0 saturated carbocycles. The Morgan fingerprint density at radius 2 is 1.71 bits per heavy atom. The number of rotatable bonds is 5. The lowest BCUT2D eigenvalue weighted by Crippen LogP contribution is -2.39. The number of Topliss-reactive ketones (excluding diaryl/α,β-unsaturated/α-hetero) is 1. The van der Waals surface area contributed by atoms with Gasteiger partial charge in [0.1, 0.15) is 0 Å². The maximum absolute atomic E-state index is 12.9. The van der Waals surface area contributed by atoms with E-state index in [0.717, 1.165) is 23.2 Å². The van der Waals surface area contributed by atoms with Crippen molar-refractivity contribution in [1.29, 1.82) is 0 Å². The molecule has 0 radical (unpaired) electrons. The van der Waals surface area contributed by atoms with Gasteiger partial charge in [0.25, 0.3) is 0 Å². The molecular formula is C21H23NO2. The number of benzene rings is 2. The van der Waals surface area contributed by atoms with Crippen LogP contribution in [0.2, 0.25) is 0 Å². The molecular weight excluding hydrogens is 298 g/mol. The third-order valence-corrected chi connectivity index (χ3v) is 5.21. The topological polar surface area (TPSA) is 37.4 Å². The van der Waals surface area contributed by atoms with Gasteiger partial charge in [0.05, 0.1) is 5.41 Å². The maximum atomic E-state index is 12.9. The van der Waals surface area contributed by atoms with Crippen LogP contribution >= 0.6 is 0 Å². The van der Waals surface area contributed by atoms with Crippen molar-refractivity contribution in [2.45, 2.75) is 32.1 Å². The zero-order valence-corrected chi connectivity index (χ0v) is 14.5. The Morgan fingerprint density at radius 1 is 1.08 bits per heavy atom. The van der Waals surface area contributed by atoms with Crippen LogP contribution in [0.3, 0.4) is 0 Å². The van der Waals surface area contributed by atoms with Crippen molar-refractivity contribution in [3.63, 3.8) is 0 Å². The number of carbonyl (C=O) groups excluding carboxylic acids is 2. The number of likely N-dealkylation sites (N-methyl/N-ethyl adjacent to an activating group) is 1. The number of nitrogens with zero attached hydrogens (tertiary/aromatic N) is 1. The molecule has 2 aromatic rings. The average Bonchev–Trinajstić information content (AvgIpc) is 2.82. The van der Waals surface area contributed by atoms with Gasteiger partial charge < -0.3 is 4.90 Å². The predicted molar refractivity (Wildman–Crippen MR) is 96.4 cm³/mol. The SMILES string of the molecule is CCC(CC1(C)C(=O)N(C)c2ccccc21)C(=O)c1ccccc1. The second kappa shape index (κ2) is 6.23. The highest BCUT2D eigenvalue weighted by atomic mass is 16.2. The van der Waals surface area contributed by atoms with Crippen LogP contribution in [0, 0.1) is 5.92 Å². The molecule has 1 amide bonds. The van der Waals surface area contributed by atoms with Crippen LogP contribution in [0.25, 0.3) is 0 Å². The highest BCUT2D eigenvalue weighted by Gasteiger charge is 2.47. The van der Waals surface area contributed by atoms with Crippen LogP contribution in [0.1, 0.15) is 42.6 Å². The van der Waals surface area contributed by atoms with E-state index in [4.69, 9.17) is 0 Å². The summed E-state index contributed by atoms with van der Waals surface area (Å²) in [7, 11) is 1.81. The fraction of sp³-hybridized carbons (Fsp3) is 0.333. The third-order valence-electron chi connectivity index (χ3n) is 5.21. The van der Waals surface area contributed by atoms with E-state index in [-0.39, 0.29) is 17.6 Å². The molecule has 0 fully saturated rings. The molecule has 3 nitrogen and oxygen atoms in total. The molecule has 124 valence electrons. The quantitative estimate of drug-likeness (QED) is 0.773. The van der Waals surface area contributed by atoms with E-state index in [1.807, 2.05) is 75.5 Å². The van der Waals surface area contributed by atoms with Gasteiger partial charge in [-0.3, -0.25) is 9.59 Å². The molecule has 0 aliphatic carbocycles. The minimum atomic E-state index is -0.642. The van der Waals surface area contributed by atoms with Crippen LogP contribution in [0.15, 0.2) is 54.6 Å². The first-order valence-corrected chi connectivity index (χ1v) is 8.46. The lowest BCUT2D eigenvalue weighted by molar-refractivity contribution is -0.122. The lowest BCUT2D eigenvalue weighted by Gasteiger charge is -2.27. The lowest BCUT2D eigenvalue weighted by atomic mass is 9.74. The number of ketones is 1. The second-order valence-corrected chi connectivity index (χ2v) is 6.75. The van der Waals surface area contributed by atoms with Crippen molar-refractivity contribution in [3.05, 3.63) is 65.7 Å². The number of para-hydroxylation sites is 1. The highest BCUT2D eigenvalue weighted by Crippen LogP contribution is 2.45. The number of anilines is 1. The number of amides is 1. The monoisotopic (exact) mass is 321 g/mol. The molecule has 0 bridgehead atoms. The summed E-state index contributed by atoms with van der Waals surface area (Å²) in [6.45, 7) is 3.99. The zero-order chi connectivity index (χ0) is 17.3. The van der Waals surface area contributed by atoms with Crippen molar-refractivity contribution in [2.75, 3.05) is 11.9 Å². The van der Waals surface area contributed by atoms with Gasteiger partial charge >= 0.3 is 0 Å². The molecule has 2 atom stereocenters. The van der Waals surface area contributed by atoms with Crippen molar-refractivity contribution in [3.8, 4) is 0 Å². The van der Waals surface area contributed by atoms with E-state index in [0.29, 0.717) is 6.42 Å². The molecule has 24 heavy (non-hydrogen) atoms. The summed E-state index contributed by atoms with van der Waals surface area (Å²) in [4.78, 5) is 27.5. The highest BCUT2D eigenvalue weighted by molar-refractivity contribution is 6.08. The molecule has 2 aromatic carbocycles. The van der Waals surface area contributed by atoms with Crippen LogP contribution < -0.4 is 4.90 Å². The predicted octanol–water partition coefficient (Wildman–Crippen LogP) is 4.22. The normalized spacial score (nSPS) is 20.8. The van der Waals surface area contributed by atoms with Crippen LogP contribution in [0.4, 0.5) is 5.69 Å². The number of carbonyl (C=O) groups is 2. The van der Waals surface area contributed by atoms with Gasteiger partial charge in [0.15, 0.2) is 5.78 Å². The van der Waals surface area contributed by atoms with E-state index >= 15 is 0 Å². The molecule has 0 saturated heterocycles. The maximum Gasteiger partial charge on any atom is 0.237 e.